The quantitative estimate of drug-likeness (QED) is 0.792. The SMILES string of the molecule is CC(=O)CCNCC(C)(C)c1ccc(F)c(F)c1. The van der Waals surface area contributed by atoms with Gasteiger partial charge in [-0.25, -0.2) is 8.78 Å². The van der Waals surface area contributed by atoms with E-state index in [1.807, 2.05) is 13.8 Å². The van der Waals surface area contributed by atoms with E-state index in [9.17, 15) is 13.6 Å². The number of nitrogens with one attached hydrogen (secondary N) is 1. The number of carbonyl (C=O) groups is 1. The molecule has 0 fully saturated rings. The first-order chi connectivity index (χ1) is 8.33. The summed E-state index contributed by atoms with van der Waals surface area (Å²) in [5.41, 5.74) is 0.419. The molecular formula is C14H19F2NO. The summed E-state index contributed by atoms with van der Waals surface area (Å²) in [5, 5.41) is 3.15. The lowest BCUT2D eigenvalue weighted by Gasteiger charge is -2.25. The molecule has 0 unspecified atom stereocenters. The molecule has 2 nitrogen and oxygen atoms in total. The molecular weight excluding hydrogens is 236 g/mol. The zero-order chi connectivity index (χ0) is 13.8. The van der Waals surface area contributed by atoms with E-state index >= 15 is 0 Å². The van der Waals surface area contributed by atoms with Crippen molar-refractivity contribution >= 4 is 5.78 Å². The van der Waals surface area contributed by atoms with E-state index in [-0.39, 0.29) is 11.2 Å². The Morgan fingerprint density at radius 2 is 1.94 bits per heavy atom. The summed E-state index contributed by atoms with van der Waals surface area (Å²) >= 11 is 0. The van der Waals surface area contributed by atoms with Crippen LogP contribution in [0.4, 0.5) is 8.78 Å². The van der Waals surface area contributed by atoms with Gasteiger partial charge < -0.3 is 5.32 Å². The Hall–Kier alpha value is -1.29. The van der Waals surface area contributed by atoms with Crippen molar-refractivity contribution in [2.24, 2.45) is 0 Å². The monoisotopic (exact) mass is 255 g/mol. The van der Waals surface area contributed by atoms with Gasteiger partial charge in [-0.05, 0) is 24.6 Å². The van der Waals surface area contributed by atoms with Crippen molar-refractivity contribution in [3.05, 3.63) is 35.4 Å². The fraction of sp³-hybridized carbons (Fsp3) is 0.500. The first-order valence-corrected chi connectivity index (χ1v) is 5.98. The molecule has 0 aliphatic rings. The van der Waals surface area contributed by atoms with Crippen molar-refractivity contribution in [1.29, 1.82) is 0 Å². The lowest BCUT2D eigenvalue weighted by molar-refractivity contribution is -0.116. The van der Waals surface area contributed by atoms with Crippen molar-refractivity contribution in [2.75, 3.05) is 13.1 Å². The van der Waals surface area contributed by atoms with Crippen LogP contribution in [0.25, 0.3) is 0 Å². The summed E-state index contributed by atoms with van der Waals surface area (Å²) in [4.78, 5) is 10.8. The van der Waals surface area contributed by atoms with Crippen molar-refractivity contribution in [1.82, 2.24) is 5.32 Å². The van der Waals surface area contributed by atoms with Crippen LogP contribution in [0.1, 0.15) is 32.8 Å². The second-order valence-electron chi connectivity index (χ2n) is 5.14. The molecule has 100 valence electrons. The van der Waals surface area contributed by atoms with Crippen molar-refractivity contribution in [3.63, 3.8) is 0 Å². The standard InChI is InChI=1S/C14H19F2NO/c1-10(18)6-7-17-9-14(2,3)11-4-5-12(15)13(16)8-11/h4-5,8,17H,6-7,9H2,1-3H3. The van der Waals surface area contributed by atoms with Gasteiger partial charge in [-0.15, -0.1) is 0 Å². The van der Waals surface area contributed by atoms with Crippen molar-refractivity contribution in [3.8, 4) is 0 Å². The first-order valence-electron chi connectivity index (χ1n) is 5.98. The molecule has 0 radical (unpaired) electrons. The molecule has 1 rings (SSSR count). The lowest BCUT2D eigenvalue weighted by atomic mass is 9.84. The minimum absolute atomic E-state index is 0.133. The average molecular weight is 255 g/mol. The van der Waals surface area contributed by atoms with Gasteiger partial charge in [0.1, 0.15) is 5.78 Å². The van der Waals surface area contributed by atoms with Gasteiger partial charge in [0, 0.05) is 24.9 Å². The molecule has 1 aromatic rings. The summed E-state index contributed by atoms with van der Waals surface area (Å²) in [6.45, 7) is 6.64. The summed E-state index contributed by atoms with van der Waals surface area (Å²) < 4.78 is 26.0. The van der Waals surface area contributed by atoms with Gasteiger partial charge in [0.05, 0.1) is 0 Å². The highest BCUT2D eigenvalue weighted by Crippen LogP contribution is 2.23. The third-order valence-corrected chi connectivity index (χ3v) is 2.92. The van der Waals surface area contributed by atoms with Crippen LogP contribution in [0, 0.1) is 11.6 Å². The molecule has 18 heavy (non-hydrogen) atoms. The number of benzene rings is 1. The molecule has 1 aromatic carbocycles. The maximum Gasteiger partial charge on any atom is 0.159 e. The van der Waals surface area contributed by atoms with Gasteiger partial charge >= 0.3 is 0 Å². The molecule has 1 N–H and O–H groups in total. The van der Waals surface area contributed by atoms with E-state index in [2.05, 4.69) is 5.32 Å². The molecule has 4 heteroatoms. The summed E-state index contributed by atoms with van der Waals surface area (Å²) in [5.74, 6) is -1.53. The van der Waals surface area contributed by atoms with Gasteiger partial charge in [-0.1, -0.05) is 19.9 Å². The van der Waals surface area contributed by atoms with Gasteiger partial charge in [0.25, 0.3) is 0 Å². The van der Waals surface area contributed by atoms with Crippen LogP contribution < -0.4 is 5.32 Å². The zero-order valence-corrected chi connectivity index (χ0v) is 11.0. The second kappa shape index (κ2) is 6.05. The molecule has 0 atom stereocenters. The Morgan fingerprint density at radius 1 is 1.28 bits per heavy atom. The van der Waals surface area contributed by atoms with E-state index in [1.165, 1.54) is 6.07 Å². The number of Topliss-reactive ketones (excluding diaryl/α,β-unsaturated/α-hetero) is 1. The van der Waals surface area contributed by atoms with E-state index in [4.69, 9.17) is 0 Å². The van der Waals surface area contributed by atoms with Gasteiger partial charge in [-0.3, -0.25) is 4.79 Å². The molecule has 0 aliphatic carbocycles. The van der Waals surface area contributed by atoms with Crippen molar-refractivity contribution < 1.29 is 13.6 Å². The Bertz CT molecular complexity index is 430. The largest absolute Gasteiger partial charge is 0.315 e. The summed E-state index contributed by atoms with van der Waals surface area (Å²) in [6.07, 6.45) is 0.480. The number of carbonyl (C=O) groups excluding carboxylic acids is 1. The highest BCUT2D eigenvalue weighted by molar-refractivity contribution is 5.75. The summed E-state index contributed by atoms with van der Waals surface area (Å²) in [7, 11) is 0. The third-order valence-electron chi connectivity index (χ3n) is 2.92. The third kappa shape index (κ3) is 4.18. The zero-order valence-electron chi connectivity index (χ0n) is 11.0. The van der Waals surface area contributed by atoms with Crippen LogP contribution in [-0.4, -0.2) is 18.9 Å². The van der Waals surface area contributed by atoms with Crippen LogP contribution in [-0.2, 0) is 10.2 Å². The predicted octanol–water partition coefficient (Wildman–Crippen LogP) is 2.81. The molecule has 0 spiro atoms. The van der Waals surface area contributed by atoms with Crippen molar-refractivity contribution in [2.45, 2.75) is 32.6 Å². The minimum Gasteiger partial charge on any atom is -0.315 e. The van der Waals surface area contributed by atoms with E-state index in [1.54, 1.807) is 13.0 Å². The minimum atomic E-state index is -0.834. The molecule has 0 saturated carbocycles. The number of halogens is 2. The Kier molecular flexibility index (Phi) is 4.96. The fourth-order valence-electron chi connectivity index (χ4n) is 1.68. The van der Waals surface area contributed by atoms with Crippen LogP contribution in [0.3, 0.4) is 0 Å². The molecule has 0 amide bonds. The molecule has 0 aromatic heterocycles. The number of hydrogen-bond donors (Lipinski definition) is 1. The molecule has 0 aliphatic heterocycles. The van der Waals surface area contributed by atoms with E-state index in [0.717, 1.165) is 11.6 Å². The van der Waals surface area contributed by atoms with Crippen LogP contribution in [0.5, 0.6) is 0 Å². The highest BCUT2D eigenvalue weighted by atomic mass is 19.2. The smallest absolute Gasteiger partial charge is 0.159 e. The average Bonchev–Trinajstić information content (AvgIpc) is 2.28. The topological polar surface area (TPSA) is 29.1 Å². The second-order valence-corrected chi connectivity index (χ2v) is 5.14. The van der Waals surface area contributed by atoms with Crippen LogP contribution in [0.15, 0.2) is 18.2 Å². The van der Waals surface area contributed by atoms with Gasteiger partial charge in [0.15, 0.2) is 11.6 Å². The van der Waals surface area contributed by atoms with E-state index in [0.29, 0.717) is 19.5 Å². The maximum absolute atomic E-state index is 13.2. The maximum atomic E-state index is 13.2. The number of hydrogen-bond acceptors (Lipinski definition) is 2. The number of ketones is 1. The first kappa shape index (κ1) is 14.8. The Morgan fingerprint density at radius 3 is 2.50 bits per heavy atom. The number of rotatable bonds is 6. The van der Waals surface area contributed by atoms with E-state index < -0.39 is 11.6 Å². The van der Waals surface area contributed by atoms with Crippen LogP contribution >= 0.6 is 0 Å². The normalized spacial score (nSPS) is 11.6. The Balaban J connectivity index is 2.61. The summed E-state index contributed by atoms with van der Waals surface area (Å²) in [6, 6.07) is 3.95. The highest BCUT2D eigenvalue weighted by Gasteiger charge is 2.21. The molecule has 0 heterocycles. The lowest BCUT2D eigenvalue weighted by Crippen LogP contribution is -2.34. The Labute approximate surface area is 106 Å². The molecule has 0 saturated heterocycles. The van der Waals surface area contributed by atoms with Gasteiger partial charge in [-0.2, -0.15) is 0 Å². The molecule has 0 bridgehead atoms. The van der Waals surface area contributed by atoms with Crippen LogP contribution in [0.2, 0.25) is 0 Å². The predicted molar refractivity (Wildman–Crippen MR) is 67.6 cm³/mol. The fourth-order valence-corrected chi connectivity index (χ4v) is 1.68. The van der Waals surface area contributed by atoms with Gasteiger partial charge in [0.2, 0.25) is 0 Å².